The van der Waals surface area contributed by atoms with Gasteiger partial charge in [-0.1, -0.05) is 19.1 Å². The van der Waals surface area contributed by atoms with Crippen LogP contribution < -0.4 is 9.47 Å². The topological polar surface area (TPSA) is 151 Å². The van der Waals surface area contributed by atoms with Crippen molar-refractivity contribution in [3.63, 3.8) is 0 Å². The first-order valence-corrected chi connectivity index (χ1v) is 19.0. The Morgan fingerprint density at radius 1 is 0.943 bits per heavy atom. The van der Waals surface area contributed by atoms with Crippen molar-refractivity contribution in [1.82, 2.24) is 39.5 Å². The molecule has 1 fully saturated rings. The molecule has 15 heteroatoms. The molecule has 2 N–H and O–H groups in total. The standard InChI is InChI=1S/C38H32Br2N8O5/c1-2-30(49)46-14-15-52-36-31-27(12-13-47(28(31)17-46)37(50)22-7-9-24(39)34-32(22)41-18-43-34)48(45-36)26-11-6-21(20-4-3-5-20)16-29(26)53-38(51)23-8-10-25(40)35-33(23)42-19-44-35/h2,6-11,16,18-20,28H,1,3-5,12-15,17H2,(H,41,43)(H,42,44). The van der Waals surface area contributed by atoms with E-state index in [1.54, 1.807) is 45.3 Å². The second-order valence-electron chi connectivity index (χ2n) is 13.4. The van der Waals surface area contributed by atoms with E-state index < -0.39 is 12.0 Å². The molecule has 5 heterocycles. The number of carbonyl (C=O) groups is 3. The molecule has 0 radical (unpaired) electrons. The highest BCUT2D eigenvalue weighted by atomic mass is 79.9. The number of ether oxygens (including phenoxy) is 2. The summed E-state index contributed by atoms with van der Waals surface area (Å²) in [6.45, 7) is 4.72. The van der Waals surface area contributed by atoms with E-state index in [9.17, 15) is 14.4 Å². The van der Waals surface area contributed by atoms with Gasteiger partial charge in [0.1, 0.15) is 23.3 Å². The molecule has 2 amide bonds. The quantitative estimate of drug-likeness (QED) is 0.106. The highest BCUT2D eigenvalue weighted by molar-refractivity contribution is 9.11. The number of imidazole rings is 2. The first-order valence-electron chi connectivity index (χ1n) is 17.4. The number of hydrogen-bond donors (Lipinski definition) is 2. The number of benzene rings is 3. The molecule has 6 aromatic rings. The molecule has 1 saturated carbocycles. The minimum Gasteiger partial charge on any atom is -0.474 e. The van der Waals surface area contributed by atoms with E-state index in [-0.39, 0.29) is 31.5 Å². The van der Waals surface area contributed by atoms with E-state index in [0.29, 0.717) is 75.0 Å². The summed E-state index contributed by atoms with van der Waals surface area (Å²) in [6.07, 6.45) is 8.09. The van der Waals surface area contributed by atoms with Crippen LogP contribution in [0.3, 0.4) is 0 Å². The Bertz CT molecular complexity index is 2480. The first-order chi connectivity index (χ1) is 25.8. The van der Waals surface area contributed by atoms with Crippen molar-refractivity contribution in [3.8, 4) is 17.3 Å². The van der Waals surface area contributed by atoms with Gasteiger partial charge in [0, 0.05) is 28.5 Å². The molecular weight excluding hydrogens is 808 g/mol. The molecular formula is C38H32Br2N8O5. The van der Waals surface area contributed by atoms with Gasteiger partial charge in [-0.05, 0) is 98.7 Å². The fourth-order valence-electron chi connectivity index (χ4n) is 7.62. The van der Waals surface area contributed by atoms with Gasteiger partial charge in [-0.3, -0.25) is 9.59 Å². The molecule has 13 nitrogen and oxygen atoms in total. The smallest absolute Gasteiger partial charge is 0.345 e. The van der Waals surface area contributed by atoms with Gasteiger partial charge in [-0.2, -0.15) is 0 Å². The van der Waals surface area contributed by atoms with Crippen LogP contribution in [-0.2, 0) is 11.2 Å². The number of H-pyrrole nitrogens is 2. The van der Waals surface area contributed by atoms with E-state index in [1.807, 2.05) is 18.2 Å². The Labute approximate surface area is 319 Å². The van der Waals surface area contributed by atoms with Gasteiger partial charge >= 0.3 is 5.97 Å². The Hall–Kier alpha value is -5.28. The minimum absolute atomic E-state index is 0.192. The van der Waals surface area contributed by atoms with Gasteiger partial charge in [-0.15, -0.1) is 5.10 Å². The number of aromatic nitrogens is 6. The average Bonchev–Trinajstić information content (AvgIpc) is 3.90. The number of nitrogens with one attached hydrogen (secondary N) is 2. The van der Waals surface area contributed by atoms with E-state index in [0.717, 1.165) is 39.5 Å². The summed E-state index contributed by atoms with van der Waals surface area (Å²) >= 11 is 7.05. The number of hydrogen-bond acceptors (Lipinski definition) is 8. The van der Waals surface area contributed by atoms with E-state index in [4.69, 9.17) is 14.6 Å². The summed E-state index contributed by atoms with van der Waals surface area (Å²) in [6, 6.07) is 12.4. The molecule has 53 heavy (non-hydrogen) atoms. The van der Waals surface area contributed by atoms with E-state index in [1.165, 1.54) is 6.08 Å². The summed E-state index contributed by atoms with van der Waals surface area (Å²) in [5.74, 6) is 0.0857. The zero-order chi connectivity index (χ0) is 36.4. The minimum atomic E-state index is -0.600. The second-order valence-corrected chi connectivity index (χ2v) is 15.1. The lowest BCUT2D eigenvalue weighted by molar-refractivity contribution is -0.127. The van der Waals surface area contributed by atoms with Crippen LogP contribution in [0.2, 0.25) is 0 Å². The number of fused-ring (bicyclic) bond motifs is 2. The predicted molar refractivity (Wildman–Crippen MR) is 202 cm³/mol. The molecule has 0 spiro atoms. The SMILES string of the molecule is C=CC(=O)N1CCOc2nn(-c3ccc(C4CCC4)cc3OC(=O)c3ccc(Br)c4nc[nH]c34)c3c2C(C1)N(C(=O)c1ccc(Br)c2nc[nH]c12)CC3. The molecule has 1 unspecified atom stereocenters. The lowest BCUT2D eigenvalue weighted by Gasteiger charge is -2.40. The third-order valence-corrected chi connectivity index (χ3v) is 11.8. The number of aromatic amines is 2. The number of halogens is 2. The molecule has 3 aliphatic rings. The van der Waals surface area contributed by atoms with Crippen molar-refractivity contribution in [3.05, 3.63) is 105 Å². The van der Waals surface area contributed by atoms with Gasteiger partial charge in [0.2, 0.25) is 11.8 Å². The molecule has 0 bridgehead atoms. The monoisotopic (exact) mass is 838 g/mol. The summed E-state index contributed by atoms with van der Waals surface area (Å²) in [4.78, 5) is 59.9. The van der Waals surface area contributed by atoms with Gasteiger partial charge in [0.15, 0.2) is 5.75 Å². The van der Waals surface area contributed by atoms with E-state index in [2.05, 4.69) is 64.4 Å². The number of carbonyl (C=O) groups excluding carboxylic acids is 3. The number of nitrogens with zero attached hydrogens (tertiary/aromatic N) is 6. The van der Waals surface area contributed by atoms with Crippen LogP contribution in [0, 0.1) is 0 Å². The van der Waals surface area contributed by atoms with Crippen LogP contribution in [0.1, 0.15) is 68.8 Å². The van der Waals surface area contributed by atoms with Gasteiger partial charge in [-0.25, -0.2) is 19.4 Å². The van der Waals surface area contributed by atoms with Crippen LogP contribution in [0.4, 0.5) is 0 Å². The van der Waals surface area contributed by atoms with Gasteiger partial charge in [0.25, 0.3) is 5.91 Å². The second kappa shape index (κ2) is 13.3. The lowest BCUT2D eigenvalue weighted by atomic mass is 9.80. The largest absolute Gasteiger partial charge is 0.474 e. The van der Waals surface area contributed by atoms with Crippen LogP contribution in [0.25, 0.3) is 27.8 Å². The third-order valence-electron chi connectivity index (χ3n) is 10.5. The molecule has 1 atom stereocenters. The first kappa shape index (κ1) is 33.5. The summed E-state index contributed by atoms with van der Waals surface area (Å²) in [5.41, 5.74) is 6.43. The number of amides is 2. The normalized spacial score (nSPS) is 17.1. The fraction of sp³-hybridized carbons (Fsp3) is 0.263. The molecule has 2 aliphatic heterocycles. The maximum Gasteiger partial charge on any atom is 0.345 e. The highest BCUT2D eigenvalue weighted by Crippen LogP contribution is 2.44. The molecule has 1 aliphatic carbocycles. The fourth-order valence-corrected chi connectivity index (χ4v) is 8.48. The Morgan fingerprint density at radius 3 is 2.36 bits per heavy atom. The number of rotatable bonds is 6. The zero-order valence-corrected chi connectivity index (χ0v) is 31.4. The maximum atomic E-state index is 14.5. The van der Waals surface area contributed by atoms with Crippen LogP contribution in [-0.4, -0.2) is 83.5 Å². The van der Waals surface area contributed by atoms with Crippen molar-refractivity contribution >= 4 is 71.7 Å². The van der Waals surface area contributed by atoms with Crippen LogP contribution in [0.15, 0.2) is 76.7 Å². The van der Waals surface area contributed by atoms with Crippen molar-refractivity contribution in [2.75, 3.05) is 26.2 Å². The maximum absolute atomic E-state index is 14.5. The molecule has 3 aromatic carbocycles. The number of esters is 1. The molecule has 9 rings (SSSR count). The molecule has 268 valence electrons. The van der Waals surface area contributed by atoms with Gasteiger partial charge in [0.05, 0.1) is 58.7 Å². The van der Waals surface area contributed by atoms with Crippen LogP contribution in [0.5, 0.6) is 11.6 Å². The van der Waals surface area contributed by atoms with Gasteiger partial charge < -0.3 is 29.2 Å². The zero-order valence-electron chi connectivity index (χ0n) is 28.3. The summed E-state index contributed by atoms with van der Waals surface area (Å²) in [5, 5.41) is 4.99. The van der Waals surface area contributed by atoms with Crippen molar-refractivity contribution in [2.45, 2.75) is 37.6 Å². The van der Waals surface area contributed by atoms with E-state index >= 15 is 0 Å². The summed E-state index contributed by atoms with van der Waals surface area (Å²) < 4.78 is 15.9. The van der Waals surface area contributed by atoms with Crippen LogP contribution >= 0.6 is 31.9 Å². The van der Waals surface area contributed by atoms with Crippen molar-refractivity contribution in [1.29, 1.82) is 0 Å². The highest BCUT2D eigenvalue weighted by Gasteiger charge is 2.41. The Kier molecular flexibility index (Phi) is 8.41. The Morgan fingerprint density at radius 2 is 1.66 bits per heavy atom. The van der Waals surface area contributed by atoms with Crippen molar-refractivity contribution < 1.29 is 23.9 Å². The Balaban J connectivity index is 1.15. The summed E-state index contributed by atoms with van der Waals surface area (Å²) in [7, 11) is 0. The average molecular weight is 841 g/mol. The predicted octanol–water partition coefficient (Wildman–Crippen LogP) is 6.78. The molecule has 0 saturated heterocycles. The van der Waals surface area contributed by atoms with Crippen molar-refractivity contribution in [2.24, 2.45) is 0 Å². The third kappa shape index (κ3) is 5.64. The molecule has 3 aromatic heterocycles. The lowest BCUT2D eigenvalue weighted by Crippen LogP contribution is -2.48.